The smallest absolute Gasteiger partial charge is 0.305 e. The fourth-order valence-electron chi connectivity index (χ4n) is 3.74. The van der Waals surface area contributed by atoms with Crippen LogP contribution in [0.1, 0.15) is 69.6 Å². The van der Waals surface area contributed by atoms with Gasteiger partial charge in [0.25, 0.3) is 5.56 Å². The summed E-state index contributed by atoms with van der Waals surface area (Å²) in [5.74, 6) is -2.19. The second kappa shape index (κ2) is 14.2. The minimum Gasteiger partial charge on any atom is -0.481 e. The van der Waals surface area contributed by atoms with Crippen LogP contribution < -0.4 is 16.2 Å². The molecule has 3 N–H and O–H groups in total. The Morgan fingerprint density at radius 2 is 1.95 bits per heavy atom. The van der Waals surface area contributed by atoms with E-state index in [1.807, 2.05) is 13.8 Å². The van der Waals surface area contributed by atoms with Crippen molar-refractivity contribution in [2.24, 2.45) is 0 Å². The molecule has 13 heteroatoms. The number of ketones is 1. The highest BCUT2D eigenvalue weighted by Gasteiger charge is 2.29. The Bertz CT molecular complexity index is 1130. The average Bonchev–Trinajstić information content (AvgIpc) is 3.27. The lowest BCUT2D eigenvalue weighted by atomic mass is 10.1. The molecule has 0 fully saturated rings. The molecule has 204 valence electrons. The number of rotatable bonds is 16. The summed E-state index contributed by atoms with van der Waals surface area (Å²) in [6.07, 6.45) is 3.54. The van der Waals surface area contributed by atoms with Crippen molar-refractivity contribution in [3.05, 3.63) is 33.6 Å². The van der Waals surface area contributed by atoms with Gasteiger partial charge < -0.3 is 15.7 Å². The Morgan fingerprint density at radius 3 is 2.51 bits per heavy atom. The molecule has 0 aromatic carbocycles. The number of carboxylic acid groups (broad SMARTS) is 1. The second-order valence-electron chi connectivity index (χ2n) is 8.94. The third kappa shape index (κ3) is 8.48. The van der Waals surface area contributed by atoms with Crippen molar-refractivity contribution < 1.29 is 24.1 Å². The van der Waals surface area contributed by atoms with Crippen LogP contribution in [0.3, 0.4) is 0 Å². The number of hydrogen-bond donors (Lipinski definition) is 3. The van der Waals surface area contributed by atoms with Crippen LogP contribution in [0.2, 0.25) is 0 Å². The number of nitrogens with zero attached hydrogens (tertiary/aromatic N) is 5. The van der Waals surface area contributed by atoms with Crippen LogP contribution in [-0.2, 0) is 27.3 Å². The molecule has 13 nitrogen and oxygen atoms in total. The largest absolute Gasteiger partial charge is 0.481 e. The summed E-state index contributed by atoms with van der Waals surface area (Å²) in [6, 6.07) is -2.19. The molecule has 0 bridgehead atoms. The number of carbonyl (C=O) groups excluding carboxylic acids is 2. The Hall–Kier alpha value is -3.61. The maximum Gasteiger partial charge on any atom is 0.305 e. The monoisotopic (exact) mass is 519 g/mol. The van der Waals surface area contributed by atoms with Crippen molar-refractivity contribution in [1.29, 1.82) is 0 Å². The van der Waals surface area contributed by atoms with E-state index in [0.29, 0.717) is 30.0 Å². The molecule has 0 saturated heterocycles. The number of carbonyl (C=O) groups is 3. The Labute approximate surface area is 215 Å². The van der Waals surface area contributed by atoms with Crippen molar-refractivity contribution in [3.63, 3.8) is 0 Å². The van der Waals surface area contributed by atoms with Crippen molar-refractivity contribution in [2.75, 3.05) is 25.5 Å². The highest BCUT2D eigenvalue weighted by Crippen LogP contribution is 2.14. The van der Waals surface area contributed by atoms with Gasteiger partial charge in [0.15, 0.2) is 11.6 Å². The van der Waals surface area contributed by atoms with Gasteiger partial charge in [-0.1, -0.05) is 37.5 Å². The first-order valence-corrected chi connectivity index (χ1v) is 12.5. The molecule has 0 aliphatic heterocycles. The Kier molecular flexibility index (Phi) is 11.4. The normalized spacial score (nSPS) is 12.8. The van der Waals surface area contributed by atoms with Crippen LogP contribution in [0, 0.1) is 6.92 Å². The topological polar surface area (TPSA) is 173 Å². The predicted molar refractivity (Wildman–Crippen MR) is 135 cm³/mol. The van der Waals surface area contributed by atoms with Gasteiger partial charge in [-0.3, -0.25) is 28.6 Å². The third-order valence-electron chi connectivity index (χ3n) is 5.94. The van der Waals surface area contributed by atoms with Gasteiger partial charge >= 0.3 is 5.97 Å². The van der Waals surface area contributed by atoms with Gasteiger partial charge in [0.2, 0.25) is 5.91 Å². The SMILES string of the molecule is CCCCN(C)CC(=O)C(CC(=O)O)NC(=O)C(CC)n1cc(CC)nc(NCc2nonc2C)c1=O. The van der Waals surface area contributed by atoms with E-state index >= 15 is 0 Å². The number of unbranched alkanes of at least 4 members (excludes halogenated alkanes) is 1. The van der Waals surface area contributed by atoms with E-state index < -0.39 is 41.7 Å². The summed E-state index contributed by atoms with van der Waals surface area (Å²) < 4.78 is 5.95. The van der Waals surface area contributed by atoms with E-state index in [2.05, 4.69) is 30.6 Å². The van der Waals surface area contributed by atoms with Crippen LogP contribution in [0.15, 0.2) is 15.6 Å². The molecule has 0 spiro atoms. The molecule has 37 heavy (non-hydrogen) atoms. The van der Waals surface area contributed by atoms with E-state index in [-0.39, 0.29) is 25.3 Å². The number of hydrogen-bond acceptors (Lipinski definition) is 10. The summed E-state index contributed by atoms with van der Waals surface area (Å²) in [5.41, 5.74) is 1.12. The lowest BCUT2D eigenvalue weighted by molar-refractivity contribution is -0.140. The van der Waals surface area contributed by atoms with E-state index in [4.69, 9.17) is 0 Å². The number of likely N-dealkylation sites (N-methyl/N-ethyl adjacent to an activating group) is 1. The average molecular weight is 520 g/mol. The van der Waals surface area contributed by atoms with Gasteiger partial charge in [0, 0.05) is 6.20 Å². The first kappa shape index (κ1) is 29.6. The summed E-state index contributed by atoms with van der Waals surface area (Å²) >= 11 is 0. The molecule has 2 unspecified atom stereocenters. The first-order chi connectivity index (χ1) is 17.6. The molecule has 0 aliphatic carbocycles. The van der Waals surface area contributed by atoms with Crippen LogP contribution in [0.4, 0.5) is 5.82 Å². The number of aliphatic carboxylic acids is 1. The molecule has 2 heterocycles. The Balaban J connectivity index is 2.28. The molecule has 2 rings (SSSR count). The van der Waals surface area contributed by atoms with Gasteiger partial charge in [0.05, 0.1) is 31.2 Å². The van der Waals surface area contributed by atoms with E-state index in [1.165, 1.54) is 10.8 Å². The number of nitrogens with one attached hydrogen (secondary N) is 2. The summed E-state index contributed by atoms with van der Waals surface area (Å²) in [4.78, 5) is 57.0. The predicted octanol–water partition coefficient (Wildman–Crippen LogP) is 1.32. The number of amides is 1. The van der Waals surface area contributed by atoms with Gasteiger partial charge in [-0.05, 0) is 39.8 Å². The lowest BCUT2D eigenvalue weighted by Crippen LogP contribution is -2.49. The highest BCUT2D eigenvalue weighted by atomic mass is 16.6. The molecule has 1 amide bonds. The fraction of sp³-hybridized carbons (Fsp3) is 0.625. The van der Waals surface area contributed by atoms with Gasteiger partial charge in [-0.2, -0.15) is 0 Å². The van der Waals surface area contributed by atoms with Crippen LogP contribution in [0.5, 0.6) is 0 Å². The first-order valence-electron chi connectivity index (χ1n) is 12.5. The lowest BCUT2D eigenvalue weighted by Gasteiger charge is -2.24. The zero-order chi connectivity index (χ0) is 27.5. The summed E-state index contributed by atoms with van der Waals surface area (Å²) in [5, 5.41) is 22.3. The molecule has 0 saturated carbocycles. The third-order valence-corrected chi connectivity index (χ3v) is 5.94. The van der Waals surface area contributed by atoms with Gasteiger partial charge in [-0.25, -0.2) is 9.61 Å². The molecule has 2 aromatic heterocycles. The number of carboxylic acids is 1. The molecular weight excluding hydrogens is 482 g/mol. The van der Waals surface area contributed by atoms with Crippen LogP contribution in [-0.4, -0.2) is 73.7 Å². The molecule has 0 radical (unpaired) electrons. The number of aryl methyl sites for hydroxylation is 2. The van der Waals surface area contributed by atoms with Crippen LogP contribution in [0.25, 0.3) is 0 Å². The number of anilines is 1. The number of Topliss-reactive ketones (excluding diaryl/α,β-unsaturated/α-hetero) is 1. The second-order valence-corrected chi connectivity index (χ2v) is 8.94. The standard InChI is InChI=1S/C24H37N7O6/c1-6-9-10-30(5)14-20(32)17(11-21(33)34)27-23(35)19(8-3)31-13-16(7-2)26-22(24(31)36)25-12-18-15(4)28-37-29-18/h13,17,19H,6-12,14H2,1-5H3,(H,25,26)(H,27,35)(H,33,34). The van der Waals surface area contributed by atoms with Gasteiger partial charge in [-0.15, -0.1) is 0 Å². The fourth-order valence-corrected chi connectivity index (χ4v) is 3.74. The maximum atomic E-state index is 13.3. The number of aromatic nitrogens is 4. The van der Waals surface area contributed by atoms with Crippen molar-refractivity contribution >= 4 is 23.5 Å². The Morgan fingerprint density at radius 1 is 1.22 bits per heavy atom. The van der Waals surface area contributed by atoms with Gasteiger partial charge in [0.1, 0.15) is 17.4 Å². The van der Waals surface area contributed by atoms with E-state index in [0.717, 1.165) is 12.8 Å². The van der Waals surface area contributed by atoms with E-state index in [1.54, 1.807) is 25.8 Å². The van der Waals surface area contributed by atoms with Crippen molar-refractivity contribution in [1.82, 2.24) is 30.1 Å². The maximum absolute atomic E-state index is 13.3. The molecular formula is C24H37N7O6. The van der Waals surface area contributed by atoms with Crippen molar-refractivity contribution in [2.45, 2.75) is 78.4 Å². The zero-order valence-corrected chi connectivity index (χ0v) is 22.1. The van der Waals surface area contributed by atoms with Crippen molar-refractivity contribution in [3.8, 4) is 0 Å². The zero-order valence-electron chi connectivity index (χ0n) is 22.1. The minimum absolute atomic E-state index is 0.00853. The minimum atomic E-state index is -1.22. The molecule has 2 atom stereocenters. The van der Waals surface area contributed by atoms with E-state index in [9.17, 15) is 24.3 Å². The molecule has 2 aromatic rings. The highest BCUT2D eigenvalue weighted by molar-refractivity contribution is 5.93. The summed E-state index contributed by atoms with van der Waals surface area (Å²) in [6.45, 7) is 8.18. The quantitative estimate of drug-likeness (QED) is 0.292. The summed E-state index contributed by atoms with van der Waals surface area (Å²) in [7, 11) is 1.77. The van der Waals surface area contributed by atoms with Crippen LogP contribution >= 0.6 is 0 Å². The molecule has 0 aliphatic rings.